The van der Waals surface area contributed by atoms with E-state index in [1.165, 1.54) is 0 Å². The minimum Gasteiger partial charge on any atom is -0.394 e. The molecule has 0 aromatic carbocycles. The first-order valence-corrected chi connectivity index (χ1v) is 6.47. The van der Waals surface area contributed by atoms with Crippen LogP contribution in [-0.2, 0) is 19.2 Å². The van der Waals surface area contributed by atoms with E-state index in [0.29, 0.717) is 18.2 Å². The number of carbonyl (C=O) groups excluding carboxylic acids is 4. The zero-order valence-corrected chi connectivity index (χ0v) is 12.6. The number of carbonyl (C=O) groups is 4. The van der Waals surface area contributed by atoms with Crippen LogP contribution in [0.3, 0.4) is 0 Å². The van der Waals surface area contributed by atoms with Crippen molar-refractivity contribution in [1.29, 1.82) is 0 Å². The van der Waals surface area contributed by atoms with Crippen LogP contribution in [0.25, 0.3) is 0 Å². The van der Waals surface area contributed by atoms with Crippen molar-refractivity contribution in [3.8, 4) is 0 Å². The number of hydrogen-bond donors (Lipinski definition) is 5. The van der Waals surface area contributed by atoms with Crippen LogP contribution in [0.5, 0.6) is 0 Å². The summed E-state index contributed by atoms with van der Waals surface area (Å²) in [6.07, 6.45) is -3.91. The molecular formula is C15H18O9. The minimum atomic E-state index is -3.83. The lowest BCUT2D eigenvalue weighted by Gasteiger charge is -2.42. The van der Waals surface area contributed by atoms with Crippen molar-refractivity contribution in [2.24, 2.45) is 0 Å². The molecule has 0 amide bonds. The van der Waals surface area contributed by atoms with E-state index in [0.717, 1.165) is 0 Å². The lowest BCUT2D eigenvalue weighted by molar-refractivity contribution is -0.214. The van der Waals surface area contributed by atoms with Gasteiger partial charge in [-0.05, 0) is 18.2 Å². The maximum atomic E-state index is 12.1. The van der Waals surface area contributed by atoms with Gasteiger partial charge in [0.2, 0.25) is 17.2 Å². The van der Waals surface area contributed by atoms with Crippen molar-refractivity contribution in [1.82, 2.24) is 0 Å². The quantitative estimate of drug-likeness (QED) is 0.149. The van der Waals surface area contributed by atoms with Crippen molar-refractivity contribution in [2.45, 2.75) is 23.4 Å². The van der Waals surface area contributed by atoms with Crippen molar-refractivity contribution < 1.29 is 44.7 Å². The molecule has 0 spiro atoms. The van der Waals surface area contributed by atoms with Gasteiger partial charge in [-0.2, -0.15) is 0 Å². The Bertz CT molecular complexity index is 594. The highest BCUT2D eigenvalue weighted by molar-refractivity contribution is 6.50. The van der Waals surface area contributed by atoms with Gasteiger partial charge in [-0.25, -0.2) is 0 Å². The molecule has 0 aliphatic carbocycles. The summed E-state index contributed by atoms with van der Waals surface area (Å²) < 4.78 is 0. The van der Waals surface area contributed by atoms with Crippen LogP contribution < -0.4 is 0 Å². The second-order valence-corrected chi connectivity index (χ2v) is 4.71. The van der Waals surface area contributed by atoms with Crippen LogP contribution in [0.15, 0.2) is 38.0 Å². The van der Waals surface area contributed by atoms with Gasteiger partial charge in [0.25, 0.3) is 0 Å². The van der Waals surface area contributed by atoms with Crippen LogP contribution in [0.2, 0.25) is 0 Å². The van der Waals surface area contributed by atoms with Crippen molar-refractivity contribution >= 4 is 23.1 Å². The highest BCUT2D eigenvalue weighted by Crippen LogP contribution is 2.32. The molecule has 9 heteroatoms. The van der Waals surface area contributed by atoms with Crippen LogP contribution in [0, 0.1) is 0 Å². The maximum absolute atomic E-state index is 12.1. The molecule has 0 rings (SSSR count). The summed E-state index contributed by atoms with van der Waals surface area (Å²) in [5.74, 6) is -6.92. The lowest BCUT2D eigenvalue weighted by Crippen LogP contribution is -2.75. The summed E-state index contributed by atoms with van der Waals surface area (Å²) in [5, 5.41) is 49.3. The summed E-state index contributed by atoms with van der Waals surface area (Å²) in [6.45, 7) is 7.72. The third kappa shape index (κ3) is 3.16. The number of aliphatic hydroxyl groups is 5. The zero-order chi connectivity index (χ0) is 19.3. The fourth-order valence-electron chi connectivity index (χ4n) is 1.96. The predicted molar refractivity (Wildman–Crippen MR) is 79.6 cm³/mol. The predicted octanol–water partition coefficient (Wildman–Crippen LogP) is -3.00. The Hall–Kier alpha value is -2.30. The number of aliphatic hydroxyl groups excluding tert-OH is 3. The third-order valence-electron chi connectivity index (χ3n) is 3.37. The highest BCUT2D eigenvalue weighted by atomic mass is 16.4. The van der Waals surface area contributed by atoms with Crippen molar-refractivity contribution in [3.63, 3.8) is 0 Å². The van der Waals surface area contributed by atoms with E-state index in [2.05, 4.69) is 19.7 Å². The molecule has 0 unspecified atom stereocenters. The van der Waals surface area contributed by atoms with Gasteiger partial charge in [0.1, 0.15) is 12.2 Å². The highest BCUT2D eigenvalue weighted by Gasteiger charge is 2.67. The van der Waals surface area contributed by atoms with E-state index in [1.54, 1.807) is 0 Å². The summed E-state index contributed by atoms with van der Waals surface area (Å²) in [7, 11) is 0. The molecule has 0 radical (unpaired) electrons. The number of ketones is 4. The smallest absolute Gasteiger partial charge is 0.245 e. The Morgan fingerprint density at radius 2 is 1.38 bits per heavy atom. The average Bonchev–Trinajstić information content (AvgIpc) is 2.61. The second-order valence-electron chi connectivity index (χ2n) is 4.71. The molecule has 0 aliphatic heterocycles. The summed E-state index contributed by atoms with van der Waals surface area (Å²) in [6, 6.07) is 0. The van der Waals surface area contributed by atoms with E-state index in [4.69, 9.17) is 5.11 Å². The van der Waals surface area contributed by atoms with Crippen molar-refractivity contribution in [2.75, 3.05) is 6.61 Å². The molecule has 9 nitrogen and oxygen atoms in total. The Balaban J connectivity index is 6.78. The van der Waals surface area contributed by atoms with Crippen molar-refractivity contribution in [3.05, 3.63) is 38.0 Å². The van der Waals surface area contributed by atoms with Gasteiger partial charge in [-0.15, -0.1) is 0 Å². The zero-order valence-electron chi connectivity index (χ0n) is 12.6. The number of Topliss-reactive ketones (excluding diaryl/α,β-unsaturated/α-hetero) is 1. The lowest BCUT2D eigenvalue weighted by atomic mass is 9.68. The van der Waals surface area contributed by atoms with Gasteiger partial charge in [0.15, 0.2) is 17.2 Å². The molecular weight excluding hydrogens is 324 g/mol. The van der Waals surface area contributed by atoms with Gasteiger partial charge >= 0.3 is 0 Å². The second kappa shape index (κ2) is 7.99. The number of hydrogen-bond acceptors (Lipinski definition) is 9. The van der Waals surface area contributed by atoms with E-state index in [9.17, 15) is 39.6 Å². The Kier molecular flexibility index (Phi) is 7.23. The van der Waals surface area contributed by atoms with E-state index < -0.39 is 53.1 Å². The topological polar surface area (TPSA) is 169 Å². The SMILES string of the molecule is C=CC(=O)C(=O)[C@@](O)(C(=O)C=C)[C@](O)(C(=O)C=C)[C@@H](O)[C@H](O)CO. The largest absolute Gasteiger partial charge is 0.394 e. The number of rotatable bonds is 11. The van der Waals surface area contributed by atoms with Gasteiger partial charge in [0.05, 0.1) is 6.61 Å². The molecule has 132 valence electrons. The van der Waals surface area contributed by atoms with E-state index >= 15 is 0 Å². The standard InChI is InChI=1S/C15H18O9/c1-4-8(17)12(21)14(23,10(19)5-2)15(24,11(20)6-3)13(22)9(18)7-16/h4-6,9,13,16,18,22-24H,1-3,7H2/t9-,13+,14+,15+/m1/s1. The molecule has 5 N–H and O–H groups in total. The van der Waals surface area contributed by atoms with Gasteiger partial charge in [-0.3, -0.25) is 19.2 Å². The third-order valence-corrected chi connectivity index (χ3v) is 3.37. The average molecular weight is 342 g/mol. The fourth-order valence-corrected chi connectivity index (χ4v) is 1.96. The Morgan fingerprint density at radius 3 is 1.71 bits per heavy atom. The van der Waals surface area contributed by atoms with Crippen LogP contribution in [-0.4, -0.2) is 78.7 Å². The van der Waals surface area contributed by atoms with E-state index in [1.807, 2.05) is 0 Å². The molecule has 0 heterocycles. The molecule has 24 heavy (non-hydrogen) atoms. The monoisotopic (exact) mass is 342 g/mol. The molecule has 0 aromatic heterocycles. The van der Waals surface area contributed by atoms with Gasteiger partial charge in [-0.1, -0.05) is 19.7 Å². The molecule has 0 aromatic rings. The Labute approximate surface area is 136 Å². The van der Waals surface area contributed by atoms with Gasteiger partial charge in [0, 0.05) is 0 Å². The normalized spacial score (nSPS) is 18.2. The molecule has 0 saturated carbocycles. The van der Waals surface area contributed by atoms with Crippen LogP contribution in [0.1, 0.15) is 0 Å². The fraction of sp³-hybridized carbons (Fsp3) is 0.333. The maximum Gasteiger partial charge on any atom is 0.245 e. The minimum absolute atomic E-state index is 0.327. The first kappa shape index (κ1) is 21.7. The summed E-state index contributed by atoms with van der Waals surface area (Å²) >= 11 is 0. The molecule has 4 atom stereocenters. The van der Waals surface area contributed by atoms with Crippen LogP contribution in [0.4, 0.5) is 0 Å². The molecule has 0 bridgehead atoms. The van der Waals surface area contributed by atoms with Gasteiger partial charge < -0.3 is 25.5 Å². The van der Waals surface area contributed by atoms with Crippen LogP contribution >= 0.6 is 0 Å². The summed E-state index contributed by atoms with van der Waals surface area (Å²) in [5.41, 5.74) is -7.56. The van der Waals surface area contributed by atoms with E-state index in [-0.39, 0.29) is 0 Å². The molecule has 0 fully saturated rings. The first-order chi connectivity index (χ1) is 11.0. The first-order valence-electron chi connectivity index (χ1n) is 6.47. The number of allylic oxidation sites excluding steroid dienone is 1. The molecule has 0 saturated heterocycles. The molecule has 0 aliphatic rings. The Morgan fingerprint density at radius 1 is 0.917 bits per heavy atom. The summed E-state index contributed by atoms with van der Waals surface area (Å²) in [4.78, 5) is 47.7.